The minimum absolute atomic E-state index is 0.308. The van der Waals surface area contributed by atoms with Gasteiger partial charge in [0.1, 0.15) is 11.9 Å². The summed E-state index contributed by atoms with van der Waals surface area (Å²) < 4.78 is 11.3. The molecule has 4 nitrogen and oxygen atoms in total. The van der Waals surface area contributed by atoms with Crippen LogP contribution in [-0.4, -0.2) is 35.1 Å². The van der Waals surface area contributed by atoms with E-state index in [2.05, 4.69) is 0 Å². The Bertz CT molecular complexity index is 731. The Morgan fingerprint density at radius 1 is 1.12 bits per heavy atom. The molecule has 0 radical (unpaired) electrons. The largest absolute Gasteiger partial charge is 0.494 e. The van der Waals surface area contributed by atoms with Crippen LogP contribution in [0, 0.1) is 0 Å². The molecule has 1 aliphatic rings. The minimum atomic E-state index is -0.735. The molecule has 2 N–H and O–H groups in total. The predicted molar refractivity (Wildman–Crippen MR) is 102 cm³/mol. The zero-order chi connectivity index (χ0) is 18.7. The SMILES string of the molecule is CCOc1ccc(Cc2cc(C3OC(C)C(O)CC3O)ccc2Cl)cc1. The van der Waals surface area contributed by atoms with Crippen LogP contribution in [0.2, 0.25) is 5.02 Å². The molecule has 4 atom stereocenters. The van der Waals surface area contributed by atoms with E-state index in [0.717, 1.165) is 22.4 Å². The Hall–Kier alpha value is -1.59. The van der Waals surface area contributed by atoms with Gasteiger partial charge in [0.15, 0.2) is 0 Å². The van der Waals surface area contributed by atoms with Crippen LogP contribution >= 0.6 is 11.6 Å². The highest BCUT2D eigenvalue weighted by molar-refractivity contribution is 6.31. The monoisotopic (exact) mass is 376 g/mol. The van der Waals surface area contributed by atoms with Crippen molar-refractivity contribution in [1.29, 1.82) is 0 Å². The van der Waals surface area contributed by atoms with Gasteiger partial charge in [-0.05, 0) is 55.2 Å². The van der Waals surface area contributed by atoms with Crippen LogP contribution in [0.25, 0.3) is 0 Å². The van der Waals surface area contributed by atoms with Gasteiger partial charge in [0.2, 0.25) is 0 Å². The summed E-state index contributed by atoms with van der Waals surface area (Å²) in [7, 11) is 0. The maximum absolute atomic E-state index is 10.3. The lowest BCUT2D eigenvalue weighted by atomic mass is 9.92. The molecule has 1 aliphatic heterocycles. The average molecular weight is 377 g/mol. The highest BCUT2D eigenvalue weighted by Gasteiger charge is 2.34. The van der Waals surface area contributed by atoms with Gasteiger partial charge in [-0.1, -0.05) is 35.9 Å². The fraction of sp³-hybridized carbons (Fsp3) is 0.429. The predicted octanol–water partition coefficient (Wildman–Crippen LogP) is 3.90. The standard InChI is InChI=1S/C21H25ClO4/c1-3-25-17-7-4-14(5-8-17)10-16-11-15(6-9-18(16)22)21-20(24)12-19(23)13(2)26-21/h4-9,11,13,19-21,23-24H,3,10,12H2,1-2H3. The molecule has 26 heavy (non-hydrogen) atoms. The van der Waals surface area contributed by atoms with Crippen molar-refractivity contribution in [2.24, 2.45) is 0 Å². The van der Waals surface area contributed by atoms with E-state index < -0.39 is 18.3 Å². The van der Waals surface area contributed by atoms with Crippen molar-refractivity contribution in [1.82, 2.24) is 0 Å². The third-order valence-corrected chi connectivity index (χ3v) is 5.13. The third kappa shape index (κ3) is 4.38. The lowest BCUT2D eigenvalue weighted by Crippen LogP contribution is -2.41. The molecule has 1 fully saturated rings. The summed E-state index contributed by atoms with van der Waals surface area (Å²) in [4.78, 5) is 0. The van der Waals surface area contributed by atoms with Gasteiger partial charge in [0.05, 0.1) is 24.9 Å². The highest BCUT2D eigenvalue weighted by Crippen LogP contribution is 2.34. The van der Waals surface area contributed by atoms with Crippen LogP contribution < -0.4 is 4.74 Å². The summed E-state index contributed by atoms with van der Waals surface area (Å²) in [6, 6.07) is 13.7. The van der Waals surface area contributed by atoms with Crippen molar-refractivity contribution in [3.8, 4) is 5.75 Å². The number of benzene rings is 2. The first-order valence-electron chi connectivity index (χ1n) is 8.99. The van der Waals surface area contributed by atoms with Crippen molar-refractivity contribution in [2.45, 2.75) is 51.1 Å². The topological polar surface area (TPSA) is 58.9 Å². The number of hydrogen-bond donors (Lipinski definition) is 2. The lowest BCUT2D eigenvalue weighted by Gasteiger charge is -2.36. The van der Waals surface area contributed by atoms with Gasteiger partial charge in [-0.25, -0.2) is 0 Å². The molecule has 1 heterocycles. The summed E-state index contributed by atoms with van der Waals surface area (Å²) in [5.74, 6) is 0.849. The van der Waals surface area contributed by atoms with Gasteiger partial charge in [-0.15, -0.1) is 0 Å². The van der Waals surface area contributed by atoms with Gasteiger partial charge in [-0.3, -0.25) is 0 Å². The average Bonchev–Trinajstić information content (AvgIpc) is 2.62. The quantitative estimate of drug-likeness (QED) is 0.830. The normalized spacial score (nSPS) is 25.9. The molecule has 0 bridgehead atoms. The second-order valence-corrected chi connectivity index (χ2v) is 7.14. The Morgan fingerprint density at radius 2 is 1.85 bits per heavy atom. The number of aliphatic hydroxyl groups is 2. The Balaban J connectivity index is 1.79. The molecule has 1 saturated heterocycles. The fourth-order valence-electron chi connectivity index (χ4n) is 3.27. The van der Waals surface area contributed by atoms with Crippen molar-refractivity contribution < 1.29 is 19.7 Å². The van der Waals surface area contributed by atoms with Crippen LogP contribution in [0.3, 0.4) is 0 Å². The molecular weight excluding hydrogens is 352 g/mol. The Morgan fingerprint density at radius 3 is 2.54 bits per heavy atom. The summed E-state index contributed by atoms with van der Waals surface area (Å²) >= 11 is 6.39. The Kier molecular flexibility index (Phi) is 6.20. The van der Waals surface area contributed by atoms with E-state index in [4.69, 9.17) is 21.1 Å². The van der Waals surface area contributed by atoms with Gasteiger partial charge in [0.25, 0.3) is 0 Å². The first-order chi connectivity index (χ1) is 12.5. The van der Waals surface area contributed by atoms with Crippen LogP contribution in [0.1, 0.15) is 43.1 Å². The molecular formula is C21H25ClO4. The van der Waals surface area contributed by atoms with Gasteiger partial charge < -0.3 is 19.7 Å². The van der Waals surface area contributed by atoms with Crippen LogP contribution in [0.4, 0.5) is 0 Å². The van der Waals surface area contributed by atoms with Gasteiger partial charge >= 0.3 is 0 Å². The number of hydrogen-bond acceptors (Lipinski definition) is 4. The van der Waals surface area contributed by atoms with E-state index in [1.165, 1.54) is 0 Å². The summed E-state index contributed by atoms with van der Waals surface area (Å²) in [5, 5.41) is 20.8. The van der Waals surface area contributed by atoms with E-state index in [0.29, 0.717) is 24.5 Å². The van der Waals surface area contributed by atoms with Gasteiger partial charge in [0, 0.05) is 11.4 Å². The van der Waals surface area contributed by atoms with Crippen LogP contribution in [-0.2, 0) is 11.2 Å². The number of ether oxygens (including phenoxy) is 2. The van der Waals surface area contributed by atoms with E-state index in [1.807, 2.05) is 56.3 Å². The van der Waals surface area contributed by atoms with Crippen LogP contribution in [0.5, 0.6) is 5.75 Å². The molecule has 4 unspecified atom stereocenters. The second-order valence-electron chi connectivity index (χ2n) is 6.74. The van der Waals surface area contributed by atoms with E-state index >= 15 is 0 Å². The zero-order valence-corrected chi connectivity index (χ0v) is 15.8. The lowest BCUT2D eigenvalue weighted by molar-refractivity contribution is -0.164. The minimum Gasteiger partial charge on any atom is -0.494 e. The van der Waals surface area contributed by atoms with Crippen LogP contribution in [0.15, 0.2) is 42.5 Å². The van der Waals surface area contributed by atoms with Gasteiger partial charge in [-0.2, -0.15) is 0 Å². The maximum atomic E-state index is 10.3. The highest BCUT2D eigenvalue weighted by atomic mass is 35.5. The molecule has 0 amide bonds. The fourth-order valence-corrected chi connectivity index (χ4v) is 3.46. The number of aliphatic hydroxyl groups excluding tert-OH is 2. The van der Waals surface area contributed by atoms with Crippen molar-refractivity contribution in [3.63, 3.8) is 0 Å². The Labute approximate surface area is 159 Å². The number of rotatable bonds is 5. The maximum Gasteiger partial charge on any atom is 0.119 e. The van der Waals surface area contributed by atoms with E-state index in [-0.39, 0.29) is 6.10 Å². The van der Waals surface area contributed by atoms with Crippen molar-refractivity contribution >= 4 is 11.6 Å². The van der Waals surface area contributed by atoms with Crippen molar-refractivity contribution in [2.75, 3.05) is 6.61 Å². The molecule has 2 aromatic rings. The molecule has 2 aromatic carbocycles. The molecule has 0 aromatic heterocycles. The molecule has 0 aliphatic carbocycles. The zero-order valence-electron chi connectivity index (χ0n) is 15.1. The summed E-state index contributed by atoms with van der Waals surface area (Å²) in [5.41, 5.74) is 2.98. The number of halogens is 1. The molecule has 5 heteroatoms. The third-order valence-electron chi connectivity index (χ3n) is 4.76. The molecule has 140 valence electrons. The smallest absolute Gasteiger partial charge is 0.119 e. The molecule has 0 spiro atoms. The molecule has 0 saturated carbocycles. The van der Waals surface area contributed by atoms with Crippen molar-refractivity contribution in [3.05, 3.63) is 64.2 Å². The summed E-state index contributed by atoms with van der Waals surface area (Å²) in [6.07, 6.45) is -1.15. The molecule has 3 rings (SSSR count). The van der Waals surface area contributed by atoms with E-state index in [1.54, 1.807) is 0 Å². The first-order valence-corrected chi connectivity index (χ1v) is 9.37. The summed E-state index contributed by atoms with van der Waals surface area (Å²) in [6.45, 7) is 4.42. The van der Waals surface area contributed by atoms with E-state index in [9.17, 15) is 10.2 Å². The first kappa shape index (κ1) is 19.2. The second kappa shape index (κ2) is 8.40.